The van der Waals surface area contributed by atoms with Crippen LogP contribution in [0, 0.1) is 0 Å². The molecule has 2 fully saturated rings. The fourth-order valence-electron chi connectivity index (χ4n) is 2.36. The van der Waals surface area contributed by atoms with Crippen molar-refractivity contribution in [3.8, 4) is 0 Å². The first-order valence-electron chi connectivity index (χ1n) is 5.83. The van der Waals surface area contributed by atoms with Crippen LogP contribution in [0.4, 0.5) is 0 Å². The van der Waals surface area contributed by atoms with Gasteiger partial charge in [0.2, 0.25) is 11.7 Å². The van der Waals surface area contributed by atoms with E-state index in [0.29, 0.717) is 11.7 Å². The van der Waals surface area contributed by atoms with Crippen molar-refractivity contribution < 1.29 is 14.4 Å². The van der Waals surface area contributed by atoms with E-state index in [4.69, 9.17) is 9.26 Å². The molecule has 0 bridgehead atoms. The van der Waals surface area contributed by atoms with E-state index < -0.39 is 0 Å². The van der Waals surface area contributed by atoms with Gasteiger partial charge >= 0.3 is 0 Å². The molecule has 5 nitrogen and oxygen atoms in total. The van der Waals surface area contributed by atoms with Crippen molar-refractivity contribution in [2.24, 2.45) is 0 Å². The summed E-state index contributed by atoms with van der Waals surface area (Å²) in [5.74, 6) is 1.54. The smallest absolute Gasteiger partial charge is 0.230 e. The maximum Gasteiger partial charge on any atom is 0.230 e. The Bertz CT molecular complexity index is 378. The van der Waals surface area contributed by atoms with Crippen LogP contribution >= 0.6 is 0 Å². The molecule has 1 saturated carbocycles. The summed E-state index contributed by atoms with van der Waals surface area (Å²) in [6, 6.07) is 0. The number of aromatic nitrogens is 2. The number of hydrogen-bond acceptors (Lipinski definition) is 5. The molecule has 88 valence electrons. The van der Waals surface area contributed by atoms with Crippen LogP contribution in [-0.4, -0.2) is 28.0 Å². The highest BCUT2D eigenvalue weighted by Crippen LogP contribution is 2.38. The SMILES string of the molecule is CC1(c2noc(C3CC(O)C3)n2)CCCO1. The monoisotopic (exact) mass is 224 g/mol. The summed E-state index contributed by atoms with van der Waals surface area (Å²) < 4.78 is 10.9. The van der Waals surface area contributed by atoms with E-state index in [0.717, 1.165) is 32.3 Å². The summed E-state index contributed by atoms with van der Waals surface area (Å²) in [7, 11) is 0. The lowest BCUT2D eigenvalue weighted by atomic mass is 9.82. The molecule has 1 aliphatic carbocycles. The van der Waals surface area contributed by atoms with Gasteiger partial charge in [0, 0.05) is 12.5 Å². The normalized spacial score (nSPS) is 38.6. The molecule has 16 heavy (non-hydrogen) atoms. The number of ether oxygens (including phenoxy) is 1. The van der Waals surface area contributed by atoms with E-state index in [1.165, 1.54) is 0 Å². The van der Waals surface area contributed by atoms with Crippen LogP contribution in [0.15, 0.2) is 4.52 Å². The molecule has 0 aromatic carbocycles. The second kappa shape index (κ2) is 3.53. The van der Waals surface area contributed by atoms with Crippen LogP contribution in [0.3, 0.4) is 0 Å². The van der Waals surface area contributed by atoms with Gasteiger partial charge in [-0.1, -0.05) is 5.16 Å². The summed E-state index contributed by atoms with van der Waals surface area (Å²) in [6.45, 7) is 2.77. The minimum Gasteiger partial charge on any atom is -0.393 e. The Morgan fingerprint density at radius 1 is 1.44 bits per heavy atom. The van der Waals surface area contributed by atoms with Gasteiger partial charge in [-0.3, -0.25) is 0 Å². The largest absolute Gasteiger partial charge is 0.393 e. The molecule has 2 aliphatic rings. The third kappa shape index (κ3) is 1.55. The molecule has 1 aliphatic heterocycles. The van der Waals surface area contributed by atoms with Crippen LogP contribution < -0.4 is 0 Å². The third-order valence-electron chi connectivity index (χ3n) is 3.60. The predicted molar refractivity (Wildman–Crippen MR) is 54.8 cm³/mol. The maximum absolute atomic E-state index is 9.23. The Balaban J connectivity index is 1.77. The first-order valence-corrected chi connectivity index (χ1v) is 5.83. The van der Waals surface area contributed by atoms with Gasteiger partial charge in [-0.25, -0.2) is 0 Å². The molecule has 1 atom stereocenters. The van der Waals surface area contributed by atoms with E-state index in [9.17, 15) is 5.11 Å². The fourth-order valence-corrected chi connectivity index (χ4v) is 2.36. The van der Waals surface area contributed by atoms with Gasteiger partial charge in [-0.15, -0.1) is 0 Å². The second-order valence-electron chi connectivity index (χ2n) is 4.96. The Kier molecular flexibility index (Phi) is 2.26. The Morgan fingerprint density at radius 2 is 2.25 bits per heavy atom. The molecule has 1 N–H and O–H groups in total. The van der Waals surface area contributed by atoms with Gasteiger partial charge in [0.05, 0.1) is 6.10 Å². The molecule has 1 aromatic heterocycles. The number of aliphatic hydroxyl groups is 1. The van der Waals surface area contributed by atoms with E-state index >= 15 is 0 Å². The number of nitrogens with zero attached hydrogens (tertiary/aromatic N) is 2. The first kappa shape index (κ1) is 10.2. The molecular formula is C11H16N2O3. The second-order valence-corrected chi connectivity index (χ2v) is 4.96. The Morgan fingerprint density at radius 3 is 2.88 bits per heavy atom. The zero-order valence-corrected chi connectivity index (χ0v) is 9.35. The molecule has 1 saturated heterocycles. The van der Waals surface area contributed by atoms with Crippen LogP contribution in [0.2, 0.25) is 0 Å². The third-order valence-corrected chi connectivity index (χ3v) is 3.60. The van der Waals surface area contributed by atoms with Gasteiger partial charge in [0.15, 0.2) is 0 Å². The molecule has 2 heterocycles. The topological polar surface area (TPSA) is 68.4 Å². The number of rotatable bonds is 2. The molecule has 0 amide bonds. The van der Waals surface area contributed by atoms with E-state index in [2.05, 4.69) is 10.1 Å². The molecular weight excluding hydrogens is 208 g/mol. The summed E-state index contributed by atoms with van der Waals surface area (Å²) in [6.07, 6.45) is 3.26. The zero-order chi connectivity index (χ0) is 11.2. The molecule has 0 spiro atoms. The minimum absolute atomic E-state index is 0.196. The highest BCUT2D eigenvalue weighted by atomic mass is 16.5. The highest BCUT2D eigenvalue weighted by molar-refractivity contribution is 5.06. The predicted octanol–water partition coefficient (Wildman–Crippen LogP) is 1.33. The summed E-state index contributed by atoms with van der Waals surface area (Å²) in [5, 5.41) is 13.2. The molecule has 3 rings (SSSR count). The lowest BCUT2D eigenvalue weighted by molar-refractivity contribution is 0.00767. The van der Waals surface area contributed by atoms with Gasteiger partial charge < -0.3 is 14.4 Å². The van der Waals surface area contributed by atoms with Crippen molar-refractivity contribution in [3.05, 3.63) is 11.7 Å². The van der Waals surface area contributed by atoms with Crippen LogP contribution in [0.25, 0.3) is 0 Å². The number of hydrogen-bond donors (Lipinski definition) is 1. The Labute approximate surface area is 93.8 Å². The van der Waals surface area contributed by atoms with Gasteiger partial charge in [-0.2, -0.15) is 4.98 Å². The minimum atomic E-state index is -0.371. The summed E-state index contributed by atoms with van der Waals surface area (Å²) in [4.78, 5) is 4.41. The molecule has 1 aromatic rings. The number of aliphatic hydroxyl groups excluding tert-OH is 1. The Hall–Kier alpha value is -0.940. The average Bonchev–Trinajstić information content (AvgIpc) is 2.82. The molecule has 1 unspecified atom stereocenters. The van der Waals surface area contributed by atoms with Gasteiger partial charge in [-0.05, 0) is 32.6 Å². The summed E-state index contributed by atoms with van der Waals surface area (Å²) >= 11 is 0. The quantitative estimate of drug-likeness (QED) is 0.820. The van der Waals surface area contributed by atoms with E-state index in [1.807, 2.05) is 6.92 Å². The van der Waals surface area contributed by atoms with Crippen molar-refractivity contribution >= 4 is 0 Å². The van der Waals surface area contributed by atoms with E-state index in [1.54, 1.807) is 0 Å². The summed E-state index contributed by atoms with van der Waals surface area (Å²) in [5.41, 5.74) is -0.371. The van der Waals surface area contributed by atoms with Gasteiger partial charge in [0.25, 0.3) is 0 Å². The van der Waals surface area contributed by atoms with Crippen LogP contribution in [0.5, 0.6) is 0 Å². The van der Waals surface area contributed by atoms with Crippen LogP contribution in [0.1, 0.15) is 50.2 Å². The highest BCUT2D eigenvalue weighted by Gasteiger charge is 2.39. The maximum atomic E-state index is 9.23. The zero-order valence-electron chi connectivity index (χ0n) is 9.35. The fraction of sp³-hybridized carbons (Fsp3) is 0.818. The molecule has 0 radical (unpaired) electrons. The van der Waals surface area contributed by atoms with Crippen molar-refractivity contribution in [2.75, 3.05) is 6.61 Å². The van der Waals surface area contributed by atoms with Crippen LogP contribution in [-0.2, 0) is 10.3 Å². The van der Waals surface area contributed by atoms with Crippen molar-refractivity contribution in [3.63, 3.8) is 0 Å². The van der Waals surface area contributed by atoms with Crippen molar-refractivity contribution in [2.45, 2.75) is 50.2 Å². The van der Waals surface area contributed by atoms with Crippen molar-refractivity contribution in [1.82, 2.24) is 10.1 Å². The van der Waals surface area contributed by atoms with Gasteiger partial charge in [0.1, 0.15) is 5.60 Å². The lowest BCUT2D eigenvalue weighted by Gasteiger charge is -2.27. The average molecular weight is 224 g/mol. The molecule has 5 heteroatoms. The van der Waals surface area contributed by atoms with E-state index in [-0.39, 0.29) is 17.6 Å². The standard InChI is InChI=1S/C11H16N2O3/c1-11(3-2-4-15-11)10-12-9(16-13-10)7-5-8(14)6-7/h7-8,14H,2-6H2,1H3. The lowest BCUT2D eigenvalue weighted by Crippen LogP contribution is -2.27. The first-order chi connectivity index (χ1) is 7.67. The van der Waals surface area contributed by atoms with Crippen molar-refractivity contribution in [1.29, 1.82) is 0 Å².